The summed E-state index contributed by atoms with van der Waals surface area (Å²) in [6.07, 6.45) is 3.86. The minimum absolute atomic E-state index is 0.803. The molecule has 10 aromatic rings. The Bertz CT molecular complexity index is 2870. The number of anilines is 3. The van der Waals surface area contributed by atoms with Gasteiger partial charge in [0.2, 0.25) is 0 Å². The number of para-hydroxylation sites is 1. The Morgan fingerprint density at radius 3 is 1.70 bits per heavy atom. The number of hydrogen-bond donors (Lipinski definition) is 0. The van der Waals surface area contributed by atoms with E-state index in [1.165, 1.54) is 38.2 Å². The van der Waals surface area contributed by atoms with Crippen LogP contribution in [-0.2, 0) is 0 Å². The van der Waals surface area contributed by atoms with Gasteiger partial charge in [-0.15, -0.1) is 0 Å². The first-order chi connectivity index (χ1) is 24.8. The molecule has 0 bridgehead atoms. The average Bonchev–Trinajstić information content (AvgIpc) is 3.58. The topological polar surface area (TPSA) is 29.3 Å². The molecule has 0 saturated carbocycles. The highest BCUT2D eigenvalue weighted by Gasteiger charge is 2.23. The smallest absolute Gasteiger partial charge is 0.162 e. The number of furan rings is 1. The fraction of sp³-hybridized carbons (Fsp3) is 0. The summed E-state index contributed by atoms with van der Waals surface area (Å²) in [6, 6.07) is 60.5. The van der Waals surface area contributed by atoms with Crippen LogP contribution in [0.4, 0.5) is 17.1 Å². The van der Waals surface area contributed by atoms with Gasteiger partial charge in [-0.05, 0) is 67.9 Å². The van der Waals surface area contributed by atoms with E-state index in [4.69, 9.17) is 9.40 Å². The van der Waals surface area contributed by atoms with Crippen LogP contribution in [0, 0.1) is 0 Å². The summed E-state index contributed by atoms with van der Waals surface area (Å²) in [5, 5.41) is 9.17. The van der Waals surface area contributed by atoms with Gasteiger partial charge in [-0.1, -0.05) is 146 Å². The van der Waals surface area contributed by atoms with Gasteiger partial charge in [-0.25, -0.2) is 0 Å². The zero-order valence-corrected chi connectivity index (χ0v) is 27.1. The Balaban J connectivity index is 1.23. The van der Waals surface area contributed by atoms with Crippen molar-refractivity contribution in [3.63, 3.8) is 0 Å². The quantitative estimate of drug-likeness (QED) is 0.188. The fourth-order valence-electron chi connectivity index (χ4n) is 7.59. The molecule has 10 rings (SSSR count). The molecule has 0 unspecified atom stereocenters. The van der Waals surface area contributed by atoms with Gasteiger partial charge < -0.3 is 9.32 Å². The highest BCUT2D eigenvalue weighted by Crippen LogP contribution is 2.47. The highest BCUT2D eigenvalue weighted by atomic mass is 16.3. The highest BCUT2D eigenvalue weighted by molar-refractivity contribution is 6.17. The molecule has 3 heteroatoms. The van der Waals surface area contributed by atoms with Gasteiger partial charge in [0.15, 0.2) is 5.58 Å². The van der Waals surface area contributed by atoms with E-state index < -0.39 is 0 Å². The molecule has 0 atom stereocenters. The van der Waals surface area contributed by atoms with E-state index in [9.17, 15) is 0 Å². The monoisotopic (exact) mass is 638 g/mol. The number of rotatable bonds is 5. The number of aromatic nitrogens is 1. The van der Waals surface area contributed by atoms with Crippen molar-refractivity contribution >= 4 is 71.3 Å². The first-order valence-electron chi connectivity index (χ1n) is 17.0. The van der Waals surface area contributed by atoms with Gasteiger partial charge in [-0.3, -0.25) is 4.98 Å². The lowest BCUT2D eigenvalue weighted by molar-refractivity contribution is 0.672. The van der Waals surface area contributed by atoms with Gasteiger partial charge in [0.1, 0.15) is 11.3 Å². The molecule has 50 heavy (non-hydrogen) atoms. The summed E-state index contributed by atoms with van der Waals surface area (Å²) in [5.41, 5.74) is 9.30. The number of hydrogen-bond acceptors (Lipinski definition) is 3. The molecule has 0 saturated heterocycles. The number of pyridine rings is 1. The maximum atomic E-state index is 6.90. The molecule has 0 fully saturated rings. The predicted octanol–water partition coefficient (Wildman–Crippen LogP) is 13.2. The van der Waals surface area contributed by atoms with Crippen molar-refractivity contribution in [3.8, 4) is 22.3 Å². The summed E-state index contributed by atoms with van der Waals surface area (Å²) in [7, 11) is 0. The Hall–Kier alpha value is -6.71. The van der Waals surface area contributed by atoms with Crippen molar-refractivity contribution in [1.82, 2.24) is 4.98 Å². The summed E-state index contributed by atoms with van der Waals surface area (Å²) in [4.78, 5) is 7.15. The van der Waals surface area contributed by atoms with Gasteiger partial charge in [-0.2, -0.15) is 0 Å². The molecule has 0 N–H and O–H groups in total. The summed E-state index contributed by atoms with van der Waals surface area (Å²) in [5.74, 6) is 0. The maximum Gasteiger partial charge on any atom is 0.162 e. The van der Waals surface area contributed by atoms with E-state index in [0.29, 0.717) is 0 Å². The van der Waals surface area contributed by atoms with Crippen LogP contribution in [0.15, 0.2) is 187 Å². The molecule has 2 aromatic heterocycles. The normalized spacial score (nSPS) is 11.6. The molecular weight excluding hydrogens is 609 g/mol. The van der Waals surface area contributed by atoms with Crippen LogP contribution in [-0.4, -0.2) is 4.98 Å². The third-order valence-electron chi connectivity index (χ3n) is 9.94. The Morgan fingerprint density at radius 2 is 0.940 bits per heavy atom. The lowest BCUT2D eigenvalue weighted by Gasteiger charge is -2.28. The lowest BCUT2D eigenvalue weighted by Crippen LogP contribution is -2.12. The second kappa shape index (κ2) is 11.5. The first-order valence-corrected chi connectivity index (χ1v) is 17.0. The van der Waals surface area contributed by atoms with Gasteiger partial charge >= 0.3 is 0 Å². The van der Waals surface area contributed by atoms with E-state index in [1.807, 2.05) is 12.4 Å². The molecular formula is C47H30N2O. The maximum absolute atomic E-state index is 6.90. The fourth-order valence-corrected chi connectivity index (χ4v) is 7.59. The summed E-state index contributed by atoms with van der Waals surface area (Å²) < 4.78 is 6.90. The zero-order chi connectivity index (χ0) is 33.0. The largest absolute Gasteiger partial charge is 0.453 e. The van der Waals surface area contributed by atoms with Crippen molar-refractivity contribution in [2.24, 2.45) is 0 Å². The molecule has 0 aliphatic heterocycles. The standard InChI is InChI=1S/C47H30N2O/c1-4-16-36-31(11-1)14-9-20-37(36)34-23-26-35(27-24-34)49(44-22-8-7-19-41(44)40-21-10-15-32-12-2-5-17-38(32)40)45-30-48-29-43-42-28-25-33-13-3-6-18-39(33)46(42)50-47(43)45/h1-30H. The Kier molecular flexibility index (Phi) is 6.49. The third kappa shape index (κ3) is 4.48. The minimum atomic E-state index is 0.803. The molecule has 234 valence electrons. The lowest BCUT2D eigenvalue weighted by atomic mass is 9.95. The molecule has 0 aliphatic rings. The van der Waals surface area contributed by atoms with Crippen molar-refractivity contribution in [1.29, 1.82) is 0 Å². The van der Waals surface area contributed by atoms with E-state index >= 15 is 0 Å². The van der Waals surface area contributed by atoms with Crippen LogP contribution in [0.25, 0.3) is 76.5 Å². The average molecular weight is 639 g/mol. The van der Waals surface area contributed by atoms with Crippen LogP contribution < -0.4 is 4.90 Å². The number of benzene rings is 8. The summed E-state index contributed by atoms with van der Waals surface area (Å²) in [6.45, 7) is 0. The van der Waals surface area contributed by atoms with E-state index in [1.54, 1.807) is 0 Å². The van der Waals surface area contributed by atoms with Gasteiger partial charge in [0.25, 0.3) is 0 Å². The van der Waals surface area contributed by atoms with Crippen LogP contribution in [0.3, 0.4) is 0 Å². The second-order valence-electron chi connectivity index (χ2n) is 12.8. The van der Waals surface area contributed by atoms with Gasteiger partial charge in [0.05, 0.1) is 11.9 Å². The molecule has 0 spiro atoms. The van der Waals surface area contributed by atoms with Gasteiger partial charge in [0, 0.05) is 33.6 Å². The SMILES string of the molecule is c1ccc(N(c2ccc(-c3cccc4ccccc34)cc2)c2cncc3c2oc2c4ccccc4ccc32)c(-c2cccc3ccccc23)c1. The van der Waals surface area contributed by atoms with Crippen molar-refractivity contribution in [2.75, 3.05) is 4.90 Å². The summed E-state index contributed by atoms with van der Waals surface area (Å²) >= 11 is 0. The van der Waals surface area contributed by atoms with Crippen LogP contribution in [0.5, 0.6) is 0 Å². The third-order valence-corrected chi connectivity index (χ3v) is 9.94. The van der Waals surface area contributed by atoms with E-state index in [-0.39, 0.29) is 0 Å². The predicted molar refractivity (Wildman–Crippen MR) is 210 cm³/mol. The minimum Gasteiger partial charge on any atom is -0.453 e. The van der Waals surface area contributed by atoms with E-state index in [0.717, 1.165) is 55.3 Å². The zero-order valence-electron chi connectivity index (χ0n) is 27.1. The second-order valence-corrected chi connectivity index (χ2v) is 12.8. The molecule has 2 heterocycles. The number of fused-ring (bicyclic) bond motifs is 7. The van der Waals surface area contributed by atoms with Crippen LogP contribution >= 0.6 is 0 Å². The molecule has 0 aliphatic carbocycles. The molecule has 0 amide bonds. The van der Waals surface area contributed by atoms with Crippen molar-refractivity contribution < 1.29 is 4.42 Å². The molecule has 0 radical (unpaired) electrons. The van der Waals surface area contributed by atoms with Crippen LogP contribution in [0.2, 0.25) is 0 Å². The van der Waals surface area contributed by atoms with Crippen LogP contribution in [0.1, 0.15) is 0 Å². The Labute approximate surface area is 289 Å². The Morgan fingerprint density at radius 1 is 0.360 bits per heavy atom. The molecule has 3 nitrogen and oxygen atoms in total. The van der Waals surface area contributed by atoms with Crippen molar-refractivity contribution in [3.05, 3.63) is 182 Å². The van der Waals surface area contributed by atoms with Crippen molar-refractivity contribution in [2.45, 2.75) is 0 Å². The number of nitrogens with zero attached hydrogens (tertiary/aromatic N) is 2. The first kappa shape index (κ1) is 28.3. The van der Waals surface area contributed by atoms with E-state index in [2.05, 4.69) is 175 Å². The molecule has 8 aromatic carbocycles.